The van der Waals surface area contributed by atoms with Crippen molar-refractivity contribution in [1.29, 1.82) is 5.41 Å². The Morgan fingerprint density at radius 3 is 2.50 bits per heavy atom. The fourth-order valence-electron chi connectivity index (χ4n) is 6.49. The molecular formula is C19H29NO2. The van der Waals surface area contributed by atoms with Gasteiger partial charge in [-0.25, -0.2) is 0 Å². The molecule has 0 radical (unpaired) electrons. The molecular weight excluding hydrogens is 274 g/mol. The van der Waals surface area contributed by atoms with Gasteiger partial charge in [0.1, 0.15) is 0 Å². The fraction of sp³-hybridized carbons (Fsp3) is 0.842. The van der Waals surface area contributed by atoms with E-state index < -0.39 is 0 Å². The molecule has 3 nitrogen and oxygen atoms in total. The van der Waals surface area contributed by atoms with Crippen molar-refractivity contribution in [2.75, 3.05) is 0 Å². The van der Waals surface area contributed by atoms with Gasteiger partial charge in [0.15, 0.2) is 0 Å². The SMILES string of the molecule is C[C@]12CCC(O)C=C1CC(O)[C@@H]1[C@H]2CC[C@]2(C)C(=N)CC[C@@H]12. The molecule has 3 heteroatoms. The first-order chi connectivity index (χ1) is 10.4. The normalized spacial score (nSPS) is 54.3. The van der Waals surface area contributed by atoms with Crippen molar-refractivity contribution in [2.45, 2.75) is 71.0 Å². The minimum Gasteiger partial charge on any atom is -0.392 e. The monoisotopic (exact) mass is 303 g/mol. The summed E-state index contributed by atoms with van der Waals surface area (Å²) in [5, 5.41) is 29.3. The van der Waals surface area contributed by atoms with Crippen LogP contribution in [0.4, 0.5) is 0 Å². The van der Waals surface area contributed by atoms with Gasteiger partial charge in [0.2, 0.25) is 0 Å². The molecule has 3 fully saturated rings. The third kappa shape index (κ3) is 1.78. The minimum absolute atomic E-state index is 0.0356. The maximum atomic E-state index is 10.9. The van der Waals surface area contributed by atoms with Gasteiger partial charge in [-0.2, -0.15) is 0 Å². The Balaban J connectivity index is 1.74. The van der Waals surface area contributed by atoms with Gasteiger partial charge in [-0.1, -0.05) is 25.5 Å². The molecule has 4 aliphatic carbocycles. The van der Waals surface area contributed by atoms with E-state index in [9.17, 15) is 10.2 Å². The predicted octanol–water partition coefficient (Wildman–Crippen LogP) is 3.30. The first kappa shape index (κ1) is 14.9. The summed E-state index contributed by atoms with van der Waals surface area (Å²) in [5.41, 5.74) is 2.42. The number of aliphatic hydroxyl groups excluding tert-OH is 2. The molecule has 7 atom stereocenters. The van der Waals surface area contributed by atoms with Gasteiger partial charge in [0.25, 0.3) is 0 Å². The third-order valence-corrected chi connectivity index (χ3v) is 7.90. The number of aliphatic hydroxyl groups is 2. The first-order valence-corrected chi connectivity index (χ1v) is 9.01. The van der Waals surface area contributed by atoms with Gasteiger partial charge in [0.05, 0.1) is 12.2 Å². The van der Waals surface area contributed by atoms with Crippen molar-refractivity contribution in [1.82, 2.24) is 0 Å². The van der Waals surface area contributed by atoms with Crippen LogP contribution in [0.2, 0.25) is 0 Å². The second-order valence-electron chi connectivity index (χ2n) is 8.75. The molecule has 3 N–H and O–H groups in total. The lowest BCUT2D eigenvalue weighted by Crippen LogP contribution is -2.55. The minimum atomic E-state index is -0.319. The van der Waals surface area contributed by atoms with Crippen LogP contribution in [0, 0.1) is 34.0 Å². The molecule has 22 heavy (non-hydrogen) atoms. The van der Waals surface area contributed by atoms with E-state index in [4.69, 9.17) is 5.41 Å². The number of rotatable bonds is 0. The summed E-state index contributed by atoms with van der Waals surface area (Å²) in [6.45, 7) is 4.64. The van der Waals surface area contributed by atoms with E-state index in [0.29, 0.717) is 17.8 Å². The van der Waals surface area contributed by atoms with Gasteiger partial charge < -0.3 is 15.6 Å². The highest BCUT2D eigenvalue weighted by atomic mass is 16.3. The van der Waals surface area contributed by atoms with Gasteiger partial charge >= 0.3 is 0 Å². The van der Waals surface area contributed by atoms with E-state index in [1.807, 2.05) is 6.08 Å². The fourth-order valence-corrected chi connectivity index (χ4v) is 6.49. The van der Waals surface area contributed by atoms with Crippen LogP contribution in [0.3, 0.4) is 0 Å². The molecule has 0 aromatic rings. The van der Waals surface area contributed by atoms with Crippen LogP contribution < -0.4 is 0 Å². The zero-order valence-corrected chi connectivity index (χ0v) is 13.8. The van der Waals surface area contributed by atoms with Crippen LogP contribution in [0.5, 0.6) is 0 Å². The van der Waals surface area contributed by atoms with Crippen LogP contribution in [-0.4, -0.2) is 28.1 Å². The molecule has 3 saturated carbocycles. The average molecular weight is 303 g/mol. The standard InChI is InChI=1S/C19H29NO2/c1-18-7-5-12(21)9-11(18)10-15(22)17-13-3-4-16(20)19(13,2)8-6-14(17)18/h9,12-15,17,20-22H,3-8,10H2,1-2H3/t12?,13-,14+,15?,17-,18-,19-/m0/s1. The smallest absolute Gasteiger partial charge is 0.0724 e. The summed E-state index contributed by atoms with van der Waals surface area (Å²) in [5.74, 6) is 1.36. The quantitative estimate of drug-likeness (QED) is 0.601. The highest BCUT2D eigenvalue weighted by molar-refractivity contribution is 5.89. The molecule has 0 spiro atoms. The molecule has 0 amide bonds. The van der Waals surface area contributed by atoms with Crippen LogP contribution in [0.1, 0.15) is 58.8 Å². The summed E-state index contributed by atoms with van der Waals surface area (Å²) >= 11 is 0. The van der Waals surface area contributed by atoms with E-state index in [1.165, 1.54) is 5.57 Å². The topological polar surface area (TPSA) is 64.3 Å². The number of fused-ring (bicyclic) bond motifs is 5. The second kappa shape index (κ2) is 4.67. The Morgan fingerprint density at radius 1 is 1.05 bits per heavy atom. The highest BCUT2D eigenvalue weighted by Crippen LogP contribution is 2.64. The molecule has 0 saturated heterocycles. The van der Waals surface area contributed by atoms with Gasteiger partial charge in [-0.05, 0) is 68.1 Å². The molecule has 4 rings (SSSR count). The maximum absolute atomic E-state index is 10.9. The van der Waals surface area contributed by atoms with E-state index in [-0.39, 0.29) is 23.0 Å². The van der Waals surface area contributed by atoms with E-state index in [0.717, 1.165) is 50.7 Å². The summed E-state index contributed by atoms with van der Waals surface area (Å²) in [6, 6.07) is 0. The van der Waals surface area contributed by atoms with Crippen LogP contribution in [0.25, 0.3) is 0 Å². The molecule has 0 bridgehead atoms. The third-order valence-electron chi connectivity index (χ3n) is 7.90. The van der Waals surface area contributed by atoms with Crippen molar-refractivity contribution in [3.8, 4) is 0 Å². The Labute approximate surface area is 133 Å². The highest BCUT2D eigenvalue weighted by Gasteiger charge is 2.60. The second-order valence-corrected chi connectivity index (χ2v) is 8.75. The lowest BCUT2D eigenvalue weighted by atomic mass is 9.46. The Morgan fingerprint density at radius 2 is 1.73 bits per heavy atom. The summed E-state index contributed by atoms with van der Waals surface area (Å²) in [4.78, 5) is 0. The van der Waals surface area contributed by atoms with Gasteiger partial charge in [-0.15, -0.1) is 0 Å². The van der Waals surface area contributed by atoms with E-state index in [2.05, 4.69) is 13.8 Å². The summed E-state index contributed by atoms with van der Waals surface area (Å²) in [6.07, 6.45) is 8.32. The van der Waals surface area contributed by atoms with Crippen molar-refractivity contribution in [3.63, 3.8) is 0 Å². The Hall–Kier alpha value is -0.670. The van der Waals surface area contributed by atoms with Crippen molar-refractivity contribution in [2.24, 2.45) is 28.6 Å². The maximum Gasteiger partial charge on any atom is 0.0724 e. The average Bonchev–Trinajstić information content (AvgIpc) is 2.77. The molecule has 2 unspecified atom stereocenters. The number of nitrogens with one attached hydrogen (secondary N) is 1. The van der Waals surface area contributed by atoms with Crippen molar-refractivity contribution < 1.29 is 10.2 Å². The van der Waals surface area contributed by atoms with Gasteiger partial charge in [0, 0.05) is 11.1 Å². The van der Waals surface area contributed by atoms with Gasteiger partial charge in [-0.3, -0.25) is 0 Å². The summed E-state index contributed by atoms with van der Waals surface area (Å²) in [7, 11) is 0. The Bertz CT molecular complexity index is 542. The molecule has 0 heterocycles. The molecule has 0 aromatic carbocycles. The van der Waals surface area contributed by atoms with Crippen LogP contribution in [0.15, 0.2) is 11.6 Å². The molecule has 122 valence electrons. The zero-order valence-electron chi connectivity index (χ0n) is 13.8. The van der Waals surface area contributed by atoms with Crippen LogP contribution in [-0.2, 0) is 0 Å². The molecule has 4 aliphatic rings. The first-order valence-electron chi connectivity index (χ1n) is 9.01. The predicted molar refractivity (Wildman–Crippen MR) is 86.8 cm³/mol. The zero-order chi connectivity index (χ0) is 15.7. The lowest BCUT2D eigenvalue weighted by Gasteiger charge is -2.59. The number of hydrogen-bond acceptors (Lipinski definition) is 3. The summed E-state index contributed by atoms with van der Waals surface area (Å²) < 4.78 is 0. The molecule has 0 aromatic heterocycles. The van der Waals surface area contributed by atoms with Crippen molar-refractivity contribution >= 4 is 5.71 Å². The van der Waals surface area contributed by atoms with Crippen molar-refractivity contribution in [3.05, 3.63) is 11.6 Å². The van der Waals surface area contributed by atoms with E-state index in [1.54, 1.807) is 0 Å². The molecule has 0 aliphatic heterocycles. The Kier molecular flexibility index (Phi) is 3.16. The van der Waals surface area contributed by atoms with E-state index >= 15 is 0 Å². The lowest BCUT2D eigenvalue weighted by molar-refractivity contribution is -0.0920. The van der Waals surface area contributed by atoms with Crippen LogP contribution >= 0.6 is 0 Å². The largest absolute Gasteiger partial charge is 0.392 e. The number of hydrogen-bond donors (Lipinski definition) is 3.